The maximum absolute atomic E-state index is 11.9. The molecule has 0 aromatic heterocycles. The number of benzene rings is 2. The van der Waals surface area contributed by atoms with Gasteiger partial charge in [0.15, 0.2) is 23.0 Å². The maximum atomic E-state index is 11.9. The van der Waals surface area contributed by atoms with Gasteiger partial charge in [0.2, 0.25) is 0 Å². The molecule has 8 nitrogen and oxygen atoms in total. The number of aliphatic hydroxyl groups is 2. The fourth-order valence-corrected chi connectivity index (χ4v) is 7.92. The smallest absolute Gasteiger partial charge is 0.160 e. The van der Waals surface area contributed by atoms with Gasteiger partial charge in [0.1, 0.15) is 0 Å². The lowest BCUT2D eigenvalue weighted by Crippen LogP contribution is -2.46. The quantitative estimate of drug-likeness (QED) is 0.201. The average Bonchev–Trinajstić information content (AvgIpc) is 3.26. The Morgan fingerprint density at radius 3 is 1.58 bits per heavy atom. The van der Waals surface area contributed by atoms with Gasteiger partial charge in [0, 0.05) is 19.0 Å². The van der Waals surface area contributed by atoms with Crippen molar-refractivity contribution in [1.29, 1.82) is 0 Å². The number of rotatable bonds is 15. The first-order valence-electron chi connectivity index (χ1n) is 18.7. The second-order valence-electron chi connectivity index (χ2n) is 14.1. The lowest BCUT2D eigenvalue weighted by atomic mass is 9.78. The van der Waals surface area contributed by atoms with Gasteiger partial charge in [-0.05, 0) is 125 Å². The Morgan fingerprint density at radius 1 is 0.542 bits per heavy atom. The summed E-state index contributed by atoms with van der Waals surface area (Å²) in [6.45, 7) is 5.59. The van der Waals surface area contributed by atoms with E-state index in [-0.39, 0.29) is 17.9 Å². The van der Waals surface area contributed by atoms with Gasteiger partial charge < -0.3 is 39.0 Å². The highest BCUT2D eigenvalue weighted by molar-refractivity contribution is 5.43. The van der Waals surface area contributed by atoms with Crippen molar-refractivity contribution in [3.8, 4) is 23.0 Å². The molecule has 4 unspecified atom stereocenters. The maximum Gasteiger partial charge on any atom is 0.160 e. The van der Waals surface area contributed by atoms with Crippen LogP contribution in [0.25, 0.3) is 0 Å². The van der Waals surface area contributed by atoms with Crippen LogP contribution >= 0.6 is 0 Å². The molecule has 48 heavy (non-hydrogen) atoms. The van der Waals surface area contributed by atoms with Gasteiger partial charge in [0.25, 0.3) is 0 Å². The molecule has 0 radical (unpaired) electrons. The Bertz CT molecular complexity index is 1190. The predicted molar refractivity (Wildman–Crippen MR) is 194 cm³/mol. The van der Waals surface area contributed by atoms with E-state index in [1.165, 1.54) is 30.4 Å². The molecule has 1 heterocycles. The second-order valence-corrected chi connectivity index (χ2v) is 14.1. The molecule has 8 heteroatoms. The summed E-state index contributed by atoms with van der Waals surface area (Å²) in [7, 11) is 6.71. The summed E-state index contributed by atoms with van der Waals surface area (Å²) in [5, 5.41) is 23.4. The molecule has 2 N–H and O–H groups in total. The fourth-order valence-electron chi connectivity index (χ4n) is 7.92. The molecule has 270 valence electrons. The van der Waals surface area contributed by atoms with Gasteiger partial charge >= 0.3 is 0 Å². The molecule has 1 saturated heterocycles. The Labute approximate surface area is 290 Å². The van der Waals surface area contributed by atoms with Crippen LogP contribution in [0.5, 0.6) is 23.0 Å². The van der Waals surface area contributed by atoms with Crippen molar-refractivity contribution in [3.05, 3.63) is 47.5 Å². The number of nitrogens with zero attached hydrogens (tertiary/aromatic N) is 2. The zero-order valence-corrected chi connectivity index (χ0v) is 30.3. The van der Waals surface area contributed by atoms with Crippen molar-refractivity contribution in [2.45, 2.75) is 102 Å². The molecule has 4 atom stereocenters. The Balaban J connectivity index is 1.37. The molecule has 4 rings (SSSR count). The van der Waals surface area contributed by atoms with Gasteiger partial charge in [-0.1, -0.05) is 44.2 Å². The van der Waals surface area contributed by atoms with Crippen LogP contribution in [0.4, 0.5) is 0 Å². The van der Waals surface area contributed by atoms with E-state index in [4.69, 9.17) is 18.9 Å². The number of methoxy groups -OCH3 is 4. The minimum absolute atomic E-state index is 0.0799. The largest absolute Gasteiger partial charge is 0.493 e. The van der Waals surface area contributed by atoms with Crippen LogP contribution in [0.15, 0.2) is 36.4 Å². The van der Waals surface area contributed by atoms with Crippen LogP contribution in [0.3, 0.4) is 0 Å². The summed E-state index contributed by atoms with van der Waals surface area (Å²) in [6.07, 6.45) is 14.5. The second kappa shape index (κ2) is 20.9. The van der Waals surface area contributed by atoms with E-state index in [0.29, 0.717) is 6.54 Å². The molecule has 2 aromatic carbocycles. The third kappa shape index (κ3) is 11.8. The van der Waals surface area contributed by atoms with Crippen molar-refractivity contribution in [2.75, 3.05) is 67.7 Å². The molecule has 2 fully saturated rings. The number of unbranched alkanes of at least 4 members (excludes halogenated alkanes) is 2. The van der Waals surface area contributed by atoms with Crippen molar-refractivity contribution < 1.29 is 29.2 Å². The predicted octanol–water partition coefficient (Wildman–Crippen LogP) is 6.77. The molecule has 1 aliphatic heterocycles. The van der Waals surface area contributed by atoms with Crippen molar-refractivity contribution in [2.24, 2.45) is 11.8 Å². The molecule has 0 spiro atoms. The van der Waals surface area contributed by atoms with Gasteiger partial charge in [-0.3, -0.25) is 0 Å². The molecule has 2 aromatic rings. The standard InChI is InChI=1S/C40H64N2O6/c1-45-37-21-19-31(27-39(37)47-3)15-10-12-23-41-25-14-26-42(24-13-11-16-32-20-22-38(46-2)40(28-32)48-4)30-36(44)34(29-41)33-17-8-6-5-7-9-18-35(33)43/h19-22,27-28,33-36,43-44H,5-18,23-26,29-30H2,1-4H3. The Morgan fingerprint density at radius 2 is 1.04 bits per heavy atom. The number of ether oxygens (including phenoxy) is 4. The molecule has 1 saturated carbocycles. The van der Waals surface area contributed by atoms with Gasteiger partial charge in [-0.2, -0.15) is 0 Å². The number of aliphatic hydroxyl groups excluding tert-OH is 2. The van der Waals surface area contributed by atoms with Crippen LogP contribution in [-0.4, -0.2) is 99.9 Å². The summed E-state index contributed by atoms with van der Waals surface area (Å²) in [6, 6.07) is 12.4. The van der Waals surface area contributed by atoms with E-state index in [9.17, 15) is 10.2 Å². The first kappa shape index (κ1) is 38.3. The topological polar surface area (TPSA) is 83.9 Å². The van der Waals surface area contributed by atoms with E-state index >= 15 is 0 Å². The lowest BCUT2D eigenvalue weighted by Gasteiger charge is -2.38. The summed E-state index contributed by atoms with van der Waals surface area (Å²) >= 11 is 0. The third-order valence-corrected chi connectivity index (χ3v) is 10.7. The highest BCUT2D eigenvalue weighted by Gasteiger charge is 2.36. The van der Waals surface area contributed by atoms with Crippen molar-refractivity contribution in [3.63, 3.8) is 0 Å². The van der Waals surface area contributed by atoms with Gasteiger partial charge in [-0.25, -0.2) is 0 Å². The van der Waals surface area contributed by atoms with Crippen molar-refractivity contribution >= 4 is 0 Å². The summed E-state index contributed by atoms with van der Waals surface area (Å²) < 4.78 is 21.8. The van der Waals surface area contributed by atoms with Gasteiger partial charge in [0.05, 0.1) is 40.6 Å². The lowest BCUT2D eigenvalue weighted by molar-refractivity contribution is -0.0237. The first-order valence-corrected chi connectivity index (χ1v) is 18.7. The SMILES string of the molecule is COc1ccc(CCCCN2CCCN(CCCCc3ccc(OC)c(OC)c3)CC(C3CCCCCCCC3O)C(O)C2)cc1OC. The highest BCUT2D eigenvalue weighted by atomic mass is 16.5. The summed E-state index contributed by atoms with van der Waals surface area (Å²) in [4.78, 5) is 5.09. The first-order chi connectivity index (χ1) is 23.4. The monoisotopic (exact) mass is 668 g/mol. The molecule has 2 aliphatic rings. The van der Waals surface area contributed by atoms with E-state index in [2.05, 4.69) is 34.1 Å². The number of aryl methyl sites for hydroxylation is 2. The minimum Gasteiger partial charge on any atom is -0.493 e. The molecule has 1 aliphatic carbocycles. The third-order valence-electron chi connectivity index (χ3n) is 10.7. The number of β-amino-alcohol motifs (C(OH)–C–C–N with tert-alkyl or cyclic N) is 1. The zero-order chi connectivity index (χ0) is 34.1. The summed E-state index contributed by atoms with van der Waals surface area (Å²) in [5.41, 5.74) is 2.52. The van der Waals surface area contributed by atoms with E-state index in [1.54, 1.807) is 28.4 Å². The van der Waals surface area contributed by atoms with Gasteiger partial charge in [-0.15, -0.1) is 0 Å². The van der Waals surface area contributed by atoms with Crippen LogP contribution in [0, 0.1) is 11.8 Å². The Hall–Kier alpha value is -2.52. The fraction of sp³-hybridized carbons (Fsp3) is 0.700. The van der Waals surface area contributed by atoms with Crippen LogP contribution in [-0.2, 0) is 12.8 Å². The van der Waals surface area contributed by atoms with E-state index < -0.39 is 6.10 Å². The van der Waals surface area contributed by atoms with E-state index in [1.807, 2.05) is 12.1 Å². The Kier molecular flexibility index (Phi) is 16.6. The van der Waals surface area contributed by atoms with E-state index in [0.717, 1.165) is 126 Å². The molecule has 0 bridgehead atoms. The average molecular weight is 669 g/mol. The molecular formula is C40H64N2O6. The number of hydrogen-bond acceptors (Lipinski definition) is 8. The normalized spacial score (nSPS) is 23.5. The highest BCUT2D eigenvalue weighted by Crippen LogP contribution is 2.33. The zero-order valence-electron chi connectivity index (χ0n) is 30.3. The molecule has 0 amide bonds. The minimum atomic E-state index is -0.441. The van der Waals surface area contributed by atoms with Crippen LogP contribution in [0.1, 0.15) is 88.2 Å². The number of hydrogen-bond donors (Lipinski definition) is 2. The summed E-state index contributed by atoms with van der Waals surface area (Å²) in [5.74, 6) is 3.32. The molecular weight excluding hydrogens is 604 g/mol. The van der Waals surface area contributed by atoms with Crippen LogP contribution < -0.4 is 18.9 Å². The van der Waals surface area contributed by atoms with Crippen molar-refractivity contribution in [1.82, 2.24) is 9.80 Å². The van der Waals surface area contributed by atoms with Crippen LogP contribution in [0.2, 0.25) is 0 Å².